The topological polar surface area (TPSA) is 48.9 Å². The Kier molecular flexibility index (Phi) is 12.4. The first-order chi connectivity index (χ1) is 10.0. The molecule has 0 aromatic rings. The van der Waals surface area contributed by atoms with E-state index in [1.165, 1.54) is 0 Å². The molecule has 0 heterocycles. The van der Waals surface area contributed by atoms with Gasteiger partial charge in [-0.1, -0.05) is 20.8 Å². The second-order valence-electron chi connectivity index (χ2n) is 5.61. The van der Waals surface area contributed by atoms with Gasteiger partial charge in [-0.15, -0.1) is 0 Å². The van der Waals surface area contributed by atoms with Crippen molar-refractivity contribution < 1.29 is 4.74 Å². The van der Waals surface area contributed by atoms with Crippen LogP contribution >= 0.6 is 0 Å². The SMILES string of the molecule is CCNC(=NCCC(OCC)C(C)C)NCCN(C)CC. The van der Waals surface area contributed by atoms with E-state index in [-0.39, 0.29) is 0 Å². The van der Waals surface area contributed by atoms with Crippen molar-refractivity contribution in [1.29, 1.82) is 0 Å². The van der Waals surface area contributed by atoms with Gasteiger partial charge in [0.15, 0.2) is 5.96 Å². The Labute approximate surface area is 131 Å². The molecule has 0 aliphatic carbocycles. The third kappa shape index (κ3) is 10.5. The minimum Gasteiger partial charge on any atom is -0.378 e. The largest absolute Gasteiger partial charge is 0.378 e. The Balaban J connectivity index is 4.18. The molecule has 0 rings (SSSR count). The van der Waals surface area contributed by atoms with Gasteiger partial charge in [0, 0.05) is 32.8 Å². The number of nitrogens with one attached hydrogen (secondary N) is 2. The summed E-state index contributed by atoms with van der Waals surface area (Å²) in [7, 11) is 2.13. The summed E-state index contributed by atoms with van der Waals surface area (Å²) < 4.78 is 5.76. The number of aliphatic imine (C=N–C) groups is 1. The summed E-state index contributed by atoms with van der Waals surface area (Å²) in [5.74, 6) is 1.44. The molecule has 0 saturated heterocycles. The van der Waals surface area contributed by atoms with E-state index < -0.39 is 0 Å². The summed E-state index contributed by atoms with van der Waals surface area (Å²) in [6, 6.07) is 0. The van der Waals surface area contributed by atoms with Gasteiger partial charge in [0.1, 0.15) is 0 Å². The number of hydrogen-bond acceptors (Lipinski definition) is 3. The molecule has 0 aromatic carbocycles. The van der Waals surface area contributed by atoms with Gasteiger partial charge in [0.2, 0.25) is 0 Å². The lowest BCUT2D eigenvalue weighted by molar-refractivity contribution is 0.0266. The first-order valence-electron chi connectivity index (χ1n) is 8.37. The smallest absolute Gasteiger partial charge is 0.191 e. The van der Waals surface area contributed by atoms with Crippen LogP contribution in [0.1, 0.15) is 41.0 Å². The molecule has 0 aliphatic rings. The highest BCUT2D eigenvalue weighted by Crippen LogP contribution is 2.10. The van der Waals surface area contributed by atoms with Gasteiger partial charge >= 0.3 is 0 Å². The lowest BCUT2D eigenvalue weighted by Crippen LogP contribution is -2.41. The van der Waals surface area contributed by atoms with Crippen LogP contribution in [0.15, 0.2) is 4.99 Å². The molecule has 0 bridgehead atoms. The van der Waals surface area contributed by atoms with Crippen LogP contribution in [0.2, 0.25) is 0 Å². The molecule has 21 heavy (non-hydrogen) atoms. The fourth-order valence-corrected chi connectivity index (χ4v) is 1.99. The molecule has 5 nitrogen and oxygen atoms in total. The van der Waals surface area contributed by atoms with Crippen LogP contribution in [-0.2, 0) is 4.74 Å². The third-order valence-corrected chi connectivity index (χ3v) is 3.48. The maximum Gasteiger partial charge on any atom is 0.191 e. The monoisotopic (exact) mass is 300 g/mol. The molecule has 0 saturated carbocycles. The van der Waals surface area contributed by atoms with Crippen molar-refractivity contribution in [2.75, 3.05) is 46.4 Å². The minimum absolute atomic E-state index is 0.299. The predicted octanol–water partition coefficient (Wildman–Crippen LogP) is 1.94. The van der Waals surface area contributed by atoms with Crippen molar-refractivity contribution in [3.63, 3.8) is 0 Å². The van der Waals surface area contributed by atoms with E-state index in [0.717, 1.165) is 51.7 Å². The standard InChI is InChI=1S/C16H36N4O/c1-7-17-16(19-12-13-20(6)8-2)18-11-10-15(14(4)5)21-9-3/h14-15H,7-13H2,1-6H3,(H2,17,18,19). The molecule has 0 aliphatic heterocycles. The van der Waals surface area contributed by atoms with E-state index in [0.29, 0.717) is 12.0 Å². The molecule has 2 N–H and O–H groups in total. The number of nitrogens with zero attached hydrogens (tertiary/aromatic N) is 2. The average molecular weight is 300 g/mol. The predicted molar refractivity (Wildman–Crippen MR) is 92.0 cm³/mol. The van der Waals surface area contributed by atoms with Crippen LogP contribution < -0.4 is 10.6 Å². The summed E-state index contributed by atoms with van der Waals surface area (Å²) >= 11 is 0. The Morgan fingerprint density at radius 2 is 1.90 bits per heavy atom. The van der Waals surface area contributed by atoms with Crippen LogP contribution in [0, 0.1) is 5.92 Å². The lowest BCUT2D eigenvalue weighted by Gasteiger charge is -2.20. The highest BCUT2D eigenvalue weighted by molar-refractivity contribution is 5.79. The summed E-state index contributed by atoms with van der Waals surface area (Å²) in [4.78, 5) is 6.91. The average Bonchev–Trinajstić information content (AvgIpc) is 2.45. The molecule has 0 fully saturated rings. The van der Waals surface area contributed by atoms with Gasteiger partial charge in [-0.3, -0.25) is 4.99 Å². The van der Waals surface area contributed by atoms with Crippen molar-refractivity contribution in [2.45, 2.75) is 47.1 Å². The number of hydrogen-bond donors (Lipinski definition) is 2. The maximum atomic E-state index is 5.76. The van der Waals surface area contributed by atoms with E-state index in [4.69, 9.17) is 4.74 Å². The van der Waals surface area contributed by atoms with E-state index in [1.807, 2.05) is 0 Å². The van der Waals surface area contributed by atoms with Crippen LogP contribution in [0.3, 0.4) is 0 Å². The maximum absolute atomic E-state index is 5.76. The molecule has 0 aromatic heterocycles. The van der Waals surface area contributed by atoms with Crippen LogP contribution in [-0.4, -0.2) is 63.3 Å². The van der Waals surface area contributed by atoms with Gasteiger partial charge < -0.3 is 20.3 Å². The second-order valence-corrected chi connectivity index (χ2v) is 5.61. The Morgan fingerprint density at radius 3 is 2.43 bits per heavy atom. The molecule has 126 valence electrons. The minimum atomic E-state index is 0.299. The third-order valence-electron chi connectivity index (χ3n) is 3.48. The summed E-state index contributed by atoms with van der Waals surface area (Å²) in [6.07, 6.45) is 1.27. The normalized spacial score (nSPS) is 13.8. The van der Waals surface area contributed by atoms with E-state index >= 15 is 0 Å². The molecule has 0 amide bonds. The van der Waals surface area contributed by atoms with Crippen molar-refractivity contribution in [3.05, 3.63) is 0 Å². The van der Waals surface area contributed by atoms with Crippen LogP contribution in [0.5, 0.6) is 0 Å². The lowest BCUT2D eigenvalue weighted by atomic mass is 10.0. The second kappa shape index (κ2) is 12.9. The molecular weight excluding hydrogens is 264 g/mol. The molecule has 5 heteroatoms. The van der Waals surface area contributed by atoms with Gasteiger partial charge in [0.25, 0.3) is 0 Å². The zero-order valence-corrected chi connectivity index (χ0v) is 14.9. The van der Waals surface area contributed by atoms with Crippen molar-refractivity contribution in [3.8, 4) is 0 Å². The first-order valence-corrected chi connectivity index (χ1v) is 8.37. The molecular formula is C16H36N4O. The quantitative estimate of drug-likeness (QED) is 0.452. The fourth-order valence-electron chi connectivity index (χ4n) is 1.99. The zero-order valence-electron chi connectivity index (χ0n) is 14.9. The van der Waals surface area contributed by atoms with Crippen LogP contribution in [0.25, 0.3) is 0 Å². The first kappa shape index (κ1) is 20.2. The van der Waals surface area contributed by atoms with Gasteiger partial charge in [0.05, 0.1) is 6.10 Å². The molecule has 0 spiro atoms. The fraction of sp³-hybridized carbons (Fsp3) is 0.938. The summed E-state index contributed by atoms with van der Waals surface area (Å²) in [6.45, 7) is 16.2. The number of ether oxygens (including phenoxy) is 1. The Bertz CT molecular complexity index is 269. The molecule has 0 radical (unpaired) electrons. The number of rotatable bonds is 11. The van der Waals surface area contributed by atoms with Crippen molar-refractivity contribution in [1.82, 2.24) is 15.5 Å². The van der Waals surface area contributed by atoms with E-state index in [2.05, 4.69) is 62.2 Å². The van der Waals surface area contributed by atoms with E-state index in [9.17, 15) is 0 Å². The molecule has 1 atom stereocenters. The summed E-state index contributed by atoms with van der Waals surface area (Å²) in [5, 5.41) is 6.67. The van der Waals surface area contributed by atoms with Gasteiger partial charge in [-0.25, -0.2) is 0 Å². The number of guanidine groups is 1. The Morgan fingerprint density at radius 1 is 1.19 bits per heavy atom. The molecule has 1 unspecified atom stereocenters. The van der Waals surface area contributed by atoms with Crippen molar-refractivity contribution in [2.24, 2.45) is 10.9 Å². The highest BCUT2D eigenvalue weighted by atomic mass is 16.5. The Hall–Kier alpha value is -0.810. The summed E-state index contributed by atoms with van der Waals surface area (Å²) in [5.41, 5.74) is 0. The zero-order chi connectivity index (χ0) is 16.1. The van der Waals surface area contributed by atoms with E-state index in [1.54, 1.807) is 0 Å². The van der Waals surface area contributed by atoms with Crippen LogP contribution in [0.4, 0.5) is 0 Å². The van der Waals surface area contributed by atoms with Gasteiger partial charge in [-0.2, -0.15) is 0 Å². The highest BCUT2D eigenvalue weighted by Gasteiger charge is 2.12. The van der Waals surface area contributed by atoms with Gasteiger partial charge in [-0.05, 0) is 39.8 Å². The number of likely N-dealkylation sites (N-methyl/N-ethyl adjacent to an activating group) is 1. The van der Waals surface area contributed by atoms with Crippen molar-refractivity contribution >= 4 is 5.96 Å².